The highest BCUT2D eigenvalue weighted by molar-refractivity contribution is 9.10. The van der Waals surface area contributed by atoms with Gasteiger partial charge in [-0.3, -0.25) is 4.79 Å². The minimum atomic E-state index is -0.00724. The molecule has 0 fully saturated rings. The normalized spacial score (nSPS) is 13.0. The van der Waals surface area contributed by atoms with Gasteiger partial charge in [-0.05, 0) is 68.7 Å². The summed E-state index contributed by atoms with van der Waals surface area (Å²) in [5, 5.41) is 11.8. The highest BCUT2D eigenvalue weighted by Gasteiger charge is 2.22. The number of aliphatic imine (C=N–C) groups is 1. The quantitative estimate of drug-likeness (QED) is 0.329. The smallest absolute Gasteiger partial charge is 0.240 e. The second-order valence-corrected chi connectivity index (χ2v) is 9.69. The number of H-pyrrole nitrogens is 1. The molecule has 0 bridgehead atoms. The monoisotopic (exact) mass is 548 g/mol. The van der Waals surface area contributed by atoms with Gasteiger partial charge in [0.1, 0.15) is 0 Å². The van der Waals surface area contributed by atoms with Crippen LogP contribution in [-0.2, 0) is 4.79 Å². The molecule has 3 aromatic carbocycles. The molecule has 0 aliphatic carbocycles. The van der Waals surface area contributed by atoms with Crippen molar-refractivity contribution in [2.45, 2.75) is 0 Å². The number of hydrogen-bond donors (Lipinski definition) is 2. The lowest BCUT2D eigenvalue weighted by molar-refractivity contribution is -0.118. The third kappa shape index (κ3) is 4.67. The molecule has 0 unspecified atom stereocenters. The molecular weight excluding hydrogens is 524 g/mol. The van der Waals surface area contributed by atoms with Crippen molar-refractivity contribution in [1.82, 2.24) is 9.88 Å². The van der Waals surface area contributed by atoms with Gasteiger partial charge in [0, 0.05) is 28.2 Å². The van der Waals surface area contributed by atoms with Crippen LogP contribution < -0.4 is 14.4 Å². The summed E-state index contributed by atoms with van der Waals surface area (Å²) in [6, 6.07) is 18.8. The van der Waals surface area contributed by atoms with Gasteiger partial charge in [-0.15, -0.1) is 0 Å². The predicted octanol–water partition coefficient (Wildman–Crippen LogP) is 5.06. The van der Waals surface area contributed by atoms with E-state index in [0.29, 0.717) is 35.0 Å². The van der Waals surface area contributed by atoms with Gasteiger partial charge in [0.25, 0.3) is 0 Å². The minimum absolute atomic E-state index is 0.00724. The van der Waals surface area contributed by atoms with Gasteiger partial charge in [-0.25, -0.2) is 4.99 Å². The van der Waals surface area contributed by atoms with Crippen LogP contribution in [0.5, 0.6) is 17.4 Å². The summed E-state index contributed by atoms with van der Waals surface area (Å²) in [5.74, 6) is 1.30. The number of nitrogens with zero attached hydrogens (tertiary/aromatic N) is 3. The van der Waals surface area contributed by atoms with Crippen LogP contribution in [0.4, 0.5) is 11.4 Å². The van der Waals surface area contributed by atoms with Gasteiger partial charge in [-0.1, -0.05) is 22.0 Å². The van der Waals surface area contributed by atoms with E-state index in [1.807, 2.05) is 79.7 Å². The molecule has 8 nitrogen and oxygen atoms in total. The van der Waals surface area contributed by atoms with E-state index in [-0.39, 0.29) is 18.6 Å². The van der Waals surface area contributed by atoms with Crippen LogP contribution in [0.3, 0.4) is 0 Å². The number of fused-ring (bicyclic) bond motifs is 2. The Hall–Kier alpha value is -3.82. The molecule has 0 saturated heterocycles. The number of aromatic hydroxyl groups is 1. The number of carbonyl (C=O) groups excluding carboxylic acids is 1. The Labute approximate surface area is 216 Å². The summed E-state index contributed by atoms with van der Waals surface area (Å²) in [6.07, 6.45) is 0. The van der Waals surface area contributed by atoms with Crippen LogP contribution in [0.25, 0.3) is 10.9 Å². The predicted molar refractivity (Wildman–Crippen MR) is 144 cm³/mol. The third-order valence-electron chi connectivity index (χ3n) is 5.93. The van der Waals surface area contributed by atoms with Gasteiger partial charge in [0.2, 0.25) is 12.7 Å². The number of benzene rings is 3. The van der Waals surface area contributed by atoms with E-state index in [1.54, 1.807) is 11.9 Å². The molecule has 184 valence electrons. The Morgan fingerprint density at radius 2 is 1.78 bits per heavy atom. The van der Waals surface area contributed by atoms with E-state index in [9.17, 15) is 9.90 Å². The Morgan fingerprint density at radius 3 is 2.53 bits per heavy atom. The molecule has 9 heteroatoms. The fraction of sp³-hybridized carbons (Fsp3) is 0.185. The minimum Gasteiger partial charge on any atom is -0.494 e. The van der Waals surface area contributed by atoms with Gasteiger partial charge in [-0.2, -0.15) is 0 Å². The Bertz CT molecular complexity index is 1480. The number of amides is 1. The topological polar surface area (TPSA) is 90.4 Å². The average Bonchev–Trinajstić information content (AvgIpc) is 3.44. The van der Waals surface area contributed by atoms with Gasteiger partial charge in [0.15, 0.2) is 17.4 Å². The van der Waals surface area contributed by atoms with Crippen LogP contribution in [-0.4, -0.2) is 61.1 Å². The molecular formula is C27H25BrN4O4. The molecule has 5 rings (SSSR count). The van der Waals surface area contributed by atoms with E-state index in [2.05, 4.69) is 20.9 Å². The zero-order valence-corrected chi connectivity index (χ0v) is 21.7. The lowest BCUT2D eigenvalue weighted by Crippen LogP contribution is -2.34. The van der Waals surface area contributed by atoms with Crippen molar-refractivity contribution in [3.63, 3.8) is 0 Å². The molecule has 2 heterocycles. The molecule has 1 aliphatic heterocycles. The van der Waals surface area contributed by atoms with Crippen LogP contribution in [0.1, 0.15) is 11.1 Å². The molecule has 4 aromatic rings. The number of carbonyl (C=O) groups is 1. The fourth-order valence-corrected chi connectivity index (χ4v) is 4.47. The molecule has 0 atom stereocenters. The Morgan fingerprint density at radius 1 is 1.03 bits per heavy atom. The summed E-state index contributed by atoms with van der Waals surface area (Å²) in [4.78, 5) is 23.9. The average molecular weight is 549 g/mol. The van der Waals surface area contributed by atoms with Crippen molar-refractivity contribution in [3.05, 3.63) is 76.3 Å². The van der Waals surface area contributed by atoms with E-state index in [4.69, 9.17) is 14.5 Å². The van der Waals surface area contributed by atoms with Crippen molar-refractivity contribution in [1.29, 1.82) is 0 Å². The van der Waals surface area contributed by atoms with Crippen molar-refractivity contribution < 1.29 is 19.4 Å². The largest absolute Gasteiger partial charge is 0.494 e. The first-order valence-electron chi connectivity index (χ1n) is 11.3. The van der Waals surface area contributed by atoms with E-state index in [1.165, 1.54) is 0 Å². The number of aromatic nitrogens is 1. The maximum atomic E-state index is 12.4. The van der Waals surface area contributed by atoms with Gasteiger partial charge in [0.05, 0.1) is 29.0 Å². The maximum Gasteiger partial charge on any atom is 0.240 e. The van der Waals surface area contributed by atoms with Gasteiger partial charge >= 0.3 is 0 Å². The van der Waals surface area contributed by atoms with E-state index in [0.717, 1.165) is 26.6 Å². The van der Waals surface area contributed by atoms with Crippen LogP contribution in [0, 0.1) is 0 Å². The molecule has 1 aromatic heterocycles. The number of rotatable bonds is 6. The Kier molecular flexibility index (Phi) is 6.42. The Balaban J connectivity index is 1.59. The van der Waals surface area contributed by atoms with Crippen molar-refractivity contribution in [3.8, 4) is 17.4 Å². The first-order chi connectivity index (χ1) is 17.3. The van der Waals surface area contributed by atoms with Gasteiger partial charge < -0.3 is 29.4 Å². The molecule has 1 aliphatic rings. The number of hydrogen-bond acceptors (Lipinski definition) is 6. The second kappa shape index (κ2) is 9.67. The van der Waals surface area contributed by atoms with Crippen molar-refractivity contribution >= 4 is 49.8 Å². The summed E-state index contributed by atoms with van der Waals surface area (Å²) < 4.78 is 12.0. The highest BCUT2D eigenvalue weighted by atomic mass is 79.9. The molecule has 0 radical (unpaired) electrons. The molecule has 1 amide bonds. The number of likely N-dealkylation sites (N-methyl/N-ethyl adjacent to an activating group) is 2. The SMILES string of the molecule is CN(C)CC(=O)N(C)c1ccc(N=C(c2ccc3c(c2)OCO3)c2c(O)[nH]c3cc(Br)ccc23)cc1. The van der Waals surface area contributed by atoms with E-state index >= 15 is 0 Å². The first kappa shape index (κ1) is 23.9. The van der Waals surface area contributed by atoms with Crippen molar-refractivity contribution in [2.75, 3.05) is 39.4 Å². The third-order valence-corrected chi connectivity index (χ3v) is 6.42. The summed E-state index contributed by atoms with van der Waals surface area (Å²) in [6.45, 7) is 0.486. The summed E-state index contributed by atoms with van der Waals surface area (Å²) in [5.41, 5.74) is 4.14. The van der Waals surface area contributed by atoms with Crippen LogP contribution >= 0.6 is 15.9 Å². The lowest BCUT2D eigenvalue weighted by atomic mass is 10.00. The number of ether oxygens (including phenoxy) is 2. The molecule has 0 spiro atoms. The van der Waals surface area contributed by atoms with Crippen LogP contribution in [0.15, 0.2) is 70.1 Å². The number of nitrogens with one attached hydrogen (secondary N) is 1. The van der Waals surface area contributed by atoms with Crippen LogP contribution in [0.2, 0.25) is 0 Å². The second-order valence-electron chi connectivity index (χ2n) is 8.77. The molecule has 36 heavy (non-hydrogen) atoms. The summed E-state index contributed by atoms with van der Waals surface area (Å²) >= 11 is 3.48. The number of anilines is 1. The number of halogens is 1. The standard InChI is InChI=1S/C27H25BrN4O4/c1-31(2)14-24(33)32(3)19-8-6-18(7-9-19)29-26(16-4-11-22-23(12-16)36-15-35-22)25-20-10-5-17(28)13-21(20)30-27(25)34/h4-13,30,34H,14-15H2,1-3H3. The molecule has 2 N–H and O–H groups in total. The van der Waals surface area contributed by atoms with Crippen molar-refractivity contribution in [2.24, 2.45) is 4.99 Å². The van der Waals surface area contributed by atoms with E-state index < -0.39 is 0 Å². The fourth-order valence-electron chi connectivity index (χ4n) is 4.10. The zero-order valence-electron chi connectivity index (χ0n) is 20.1. The number of aromatic amines is 1. The highest BCUT2D eigenvalue weighted by Crippen LogP contribution is 2.37. The summed E-state index contributed by atoms with van der Waals surface area (Å²) in [7, 11) is 5.48. The lowest BCUT2D eigenvalue weighted by Gasteiger charge is -2.19. The zero-order chi connectivity index (χ0) is 25.4. The molecule has 0 saturated carbocycles. The maximum absolute atomic E-state index is 12.4. The first-order valence-corrected chi connectivity index (χ1v) is 12.1.